The molecule has 1 fully saturated rings. The molecule has 25 heavy (non-hydrogen) atoms. The molecule has 0 radical (unpaired) electrons. The summed E-state index contributed by atoms with van der Waals surface area (Å²) in [5.41, 5.74) is 2.16. The fourth-order valence-corrected chi connectivity index (χ4v) is 3.39. The lowest BCUT2D eigenvalue weighted by Crippen LogP contribution is -2.46. The average Bonchev–Trinajstić information content (AvgIpc) is 3.08. The molecule has 3 atom stereocenters. The first kappa shape index (κ1) is 17.7. The number of aromatic nitrogens is 2. The van der Waals surface area contributed by atoms with Crippen molar-refractivity contribution in [2.45, 2.75) is 58.8 Å². The van der Waals surface area contributed by atoms with Crippen LogP contribution in [0.15, 0.2) is 42.7 Å². The SMILES string of the molecule is CC(=O)N[C@H]1C[C@@H](C(C)(C)C)O[C@@H](c2cccc(-n3cccn3)c2)C1. The van der Waals surface area contributed by atoms with Crippen LogP contribution < -0.4 is 5.32 Å². The number of rotatable bonds is 3. The van der Waals surface area contributed by atoms with Gasteiger partial charge in [-0.1, -0.05) is 32.9 Å². The number of nitrogens with zero attached hydrogens (tertiary/aromatic N) is 2. The maximum absolute atomic E-state index is 11.6. The van der Waals surface area contributed by atoms with E-state index in [-0.39, 0.29) is 29.6 Å². The Morgan fingerprint density at radius 3 is 2.72 bits per heavy atom. The van der Waals surface area contributed by atoms with Crippen molar-refractivity contribution in [3.05, 3.63) is 48.3 Å². The quantitative estimate of drug-likeness (QED) is 0.927. The minimum Gasteiger partial charge on any atom is -0.370 e. The molecule has 0 aliphatic carbocycles. The van der Waals surface area contributed by atoms with Gasteiger partial charge in [-0.15, -0.1) is 0 Å². The Labute approximate surface area is 149 Å². The molecule has 0 unspecified atom stereocenters. The highest BCUT2D eigenvalue weighted by Crippen LogP contribution is 2.38. The topological polar surface area (TPSA) is 56.1 Å². The van der Waals surface area contributed by atoms with Crippen molar-refractivity contribution in [3.8, 4) is 5.69 Å². The predicted molar refractivity (Wildman–Crippen MR) is 97.5 cm³/mol. The summed E-state index contributed by atoms with van der Waals surface area (Å²) in [7, 11) is 0. The maximum Gasteiger partial charge on any atom is 0.217 e. The van der Waals surface area contributed by atoms with E-state index in [1.165, 1.54) is 0 Å². The molecule has 0 bridgehead atoms. The molecule has 2 aromatic rings. The van der Waals surface area contributed by atoms with Crippen LogP contribution in [0.25, 0.3) is 5.69 Å². The van der Waals surface area contributed by atoms with E-state index in [1.54, 1.807) is 13.1 Å². The summed E-state index contributed by atoms with van der Waals surface area (Å²) in [6.45, 7) is 8.13. The van der Waals surface area contributed by atoms with Crippen LogP contribution in [0, 0.1) is 5.41 Å². The Morgan fingerprint density at radius 1 is 1.28 bits per heavy atom. The lowest BCUT2D eigenvalue weighted by molar-refractivity contribution is -0.127. The van der Waals surface area contributed by atoms with Gasteiger partial charge in [0, 0.05) is 25.4 Å². The van der Waals surface area contributed by atoms with Crippen molar-refractivity contribution in [3.63, 3.8) is 0 Å². The van der Waals surface area contributed by atoms with E-state index in [2.05, 4.69) is 43.3 Å². The van der Waals surface area contributed by atoms with Crippen molar-refractivity contribution >= 4 is 5.91 Å². The van der Waals surface area contributed by atoms with Gasteiger partial charge in [0.05, 0.1) is 17.9 Å². The van der Waals surface area contributed by atoms with Gasteiger partial charge in [-0.2, -0.15) is 5.10 Å². The first-order chi connectivity index (χ1) is 11.8. The zero-order valence-electron chi connectivity index (χ0n) is 15.4. The summed E-state index contributed by atoms with van der Waals surface area (Å²) in [4.78, 5) is 11.6. The Kier molecular flexibility index (Phi) is 4.95. The van der Waals surface area contributed by atoms with E-state index in [0.717, 1.165) is 24.1 Å². The van der Waals surface area contributed by atoms with Crippen LogP contribution in [-0.4, -0.2) is 27.8 Å². The van der Waals surface area contributed by atoms with Crippen molar-refractivity contribution in [2.75, 3.05) is 0 Å². The number of hydrogen-bond acceptors (Lipinski definition) is 3. The zero-order valence-corrected chi connectivity index (χ0v) is 15.4. The lowest BCUT2D eigenvalue weighted by atomic mass is 9.81. The van der Waals surface area contributed by atoms with Crippen LogP contribution in [-0.2, 0) is 9.53 Å². The Bertz CT molecular complexity index is 719. The second kappa shape index (κ2) is 7.00. The van der Waals surface area contributed by atoms with E-state index < -0.39 is 0 Å². The van der Waals surface area contributed by atoms with E-state index in [0.29, 0.717) is 0 Å². The molecule has 2 heterocycles. The second-order valence-corrected chi connectivity index (χ2v) is 7.89. The van der Waals surface area contributed by atoms with Gasteiger partial charge in [0.25, 0.3) is 0 Å². The van der Waals surface area contributed by atoms with Gasteiger partial charge in [-0.05, 0) is 42.0 Å². The Balaban J connectivity index is 1.86. The highest BCUT2D eigenvalue weighted by atomic mass is 16.5. The minimum absolute atomic E-state index is 0.0172. The average molecular weight is 341 g/mol. The molecule has 0 saturated carbocycles. The number of amides is 1. The van der Waals surface area contributed by atoms with E-state index >= 15 is 0 Å². The molecule has 1 saturated heterocycles. The maximum atomic E-state index is 11.6. The third-order valence-corrected chi connectivity index (χ3v) is 4.71. The fourth-order valence-electron chi connectivity index (χ4n) is 3.39. The first-order valence-electron chi connectivity index (χ1n) is 8.85. The standard InChI is InChI=1S/C20H27N3O2/c1-14(24)22-16-12-18(25-19(13-16)20(2,3)4)15-7-5-8-17(11-15)23-10-6-9-21-23/h5-11,16,18-19H,12-13H2,1-4H3,(H,22,24)/t16-,18-,19+/m1/s1. The smallest absolute Gasteiger partial charge is 0.217 e. The van der Waals surface area contributed by atoms with Crippen LogP contribution in [0.2, 0.25) is 0 Å². The zero-order chi connectivity index (χ0) is 18.0. The van der Waals surface area contributed by atoms with Gasteiger partial charge in [-0.25, -0.2) is 4.68 Å². The summed E-state index contributed by atoms with van der Waals surface area (Å²) in [5, 5.41) is 7.39. The van der Waals surface area contributed by atoms with Crippen molar-refractivity contribution in [1.29, 1.82) is 0 Å². The summed E-state index contributed by atoms with van der Waals surface area (Å²) in [6.07, 6.45) is 5.39. The highest BCUT2D eigenvalue weighted by Gasteiger charge is 2.37. The van der Waals surface area contributed by atoms with Crippen LogP contribution in [0.1, 0.15) is 52.2 Å². The molecule has 5 nitrogen and oxygen atoms in total. The van der Waals surface area contributed by atoms with Crippen molar-refractivity contribution in [1.82, 2.24) is 15.1 Å². The largest absolute Gasteiger partial charge is 0.370 e. The predicted octanol–water partition coefficient (Wildman–Crippen LogP) is 3.64. The van der Waals surface area contributed by atoms with Crippen LogP contribution >= 0.6 is 0 Å². The van der Waals surface area contributed by atoms with Crippen LogP contribution in [0.4, 0.5) is 0 Å². The van der Waals surface area contributed by atoms with Crippen LogP contribution in [0.5, 0.6) is 0 Å². The number of carbonyl (C=O) groups excluding carboxylic acids is 1. The summed E-state index contributed by atoms with van der Waals surface area (Å²) in [6, 6.07) is 10.3. The minimum atomic E-state index is -0.0367. The molecule has 1 amide bonds. The molecule has 3 rings (SSSR count). The van der Waals surface area contributed by atoms with E-state index in [9.17, 15) is 4.79 Å². The highest BCUT2D eigenvalue weighted by molar-refractivity contribution is 5.73. The number of ether oxygens (including phenoxy) is 1. The molecular weight excluding hydrogens is 314 g/mol. The molecule has 5 heteroatoms. The molecule has 1 aliphatic heterocycles. The summed E-state index contributed by atoms with van der Waals surface area (Å²) in [5.74, 6) is 0.0172. The Hall–Kier alpha value is -2.14. The van der Waals surface area contributed by atoms with Gasteiger partial charge in [0.15, 0.2) is 0 Å². The summed E-state index contributed by atoms with van der Waals surface area (Å²) >= 11 is 0. The van der Waals surface area contributed by atoms with Crippen molar-refractivity contribution in [2.24, 2.45) is 5.41 Å². The number of nitrogens with one attached hydrogen (secondary N) is 1. The molecular formula is C20H27N3O2. The van der Waals surface area contributed by atoms with Gasteiger partial charge in [0.2, 0.25) is 5.91 Å². The molecule has 134 valence electrons. The van der Waals surface area contributed by atoms with E-state index in [4.69, 9.17) is 4.74 Å². The van der Waals surface area contributed by atoms with Gasteiger partial charge in [-0.3, -0.25) is 4.79 Å². The molecule has 1 aromatic heterocycles. The molecule has 1 N–H and O–H groups in total. The second-order valence-electron chi connectivity index (χ2n) is 7.89. The van der Waals surface area contributed by atoms with Gasteiger partial charge in [0.1, 0.15) is 0 Å². The summed E-state index contributed by atoms with van der Waals surface area (Å²) < 4.78 is 8.29. The molecule has 0 spiro atoms. The van der Waals surface area contributed by atoms with E-state index in [1.807, 2.05) is 29.1 Å². The first-order valence-corrected chi connectivity index (χ1v) is 8.85. The Morgan fingerprint density at radius 2 is 2.08 bits per heavy atom. The number of benzene rings is 1. The molecule has 1 aliphatic rings. The third kappa shape index (κ3) is 4.28. The number of carbonyl (C=O) groups is 1. The fraction of sp³-hybridized carbons (Fsp3) is 0.500. The van der Waals surface area contributed by atoms with Crippen molar-refractivity contribution < 1.29 is 9.53 Å². The monoisotopic (exact) mass is 341 g/mol. The normalized spacial score (nSPS) is 24.1. The number of hydrogen-bond donors (Lipinski definition) is 1. The van der Waals surface area contributed by atoms with Gasteiger partial charge >= 0.3 is 0 Å². The van der Waals surface area contributed by atoms with Crippen LogP contribution in [0.3, 0.4) is 0 Å². The molecule has 1 aromatic carbocycles. The van der Waals surface area contributed by atoms with Gasteiger partial charge < -0.3 is 10.1 Å². The third-order valence-electron chi connectivity index (χ3n) is 4.71. The lowest BCUT2D eigenvalue weighted by Gasteiger charge is -2.42.